The number of sulfone groups is 1. The smallest absolute Gasteiger partial charge is 0.316 e. The Morgan fingerprint density at radius 1 is 1.32 bits per heavy atom. The number of amides is 1. The summed E-state index contributed by atoms with van der Waals surface area (Å²) in [6.45, 7) is 3.63. The van der Waals surface area contributed by atoms with E-state index >= 15 is 0 Å². The monoisotopic (exact) mass is 385 g/mol. The SMILES string of the molecule is Cc1ccc(SCC(=O)OCC(=O)N(C)[C@H]2CCS(=O)(=O)C2)c(C)c1. The van der Waals surface area contributed by atoms with Gasteiger partial charge >= 0.3 is 5.97 Å². The third-order valence-corrected chi connectivity index (χ3v) is 7.08. The van der Waals surface area contributed by atoms with E-state index in [2.05, 4.69) is 0 Å². The Bertz CT molecular complexity index is 760. The maximum Gasteiger partial charge on any atom is 0.316 e. The Morgan fingerprint density at radius 2 is 2.04 bits per heavy atom. The lowest BCUT2D eigenvalue weighted by atomic mass is 10.2. The third-order valence-electron chi connectivity index (χ3n) is 4.18. The molecule has 0 spiro atoms. The van der Waals surface area contributed by atoms with Crippen molar-refractivity contribution < 1.29 is 22.7 Å². The van der Waals surface area contributed by atoms with E-state index in [1.165, 1.54) is 16.7 Å². The molecule has 1 aliphatic rings. The molecule has 0 saturated carbocycles. The maximum absolute atomic E-state index is 12.1. The van der Waals surface area contributed by atoms with Crippen LogP contribution >= 0.6 is 11.8 Å². The van der Waals surface area contributed by atoms with E-state index in [1.807, 2.05) is 32.0 Å². The van der Waals surface area contributed by atoms with Crippen LogP contribution in [0.25, 0.3) is 0 Å². The van der Waals surface area contributed by atoms with E-state index in [0.29, 0.717) is 6.42 Å². The Morgan fingerprint density at radius 3 is 2.64 bits per heavy atom. The average molecular weight is 386 g/mol. The molecule has 1 aromatic carbocycles. The summed E-state index contributed by atoms with van der Waals surface area (Å²) in [6, 6.07) is 5.65. The molecule has 1 heterocycles. The number of likely N-dealkylation sites (N-methyl/N-ethyl adjacent to an activating group) is 1. The van der Waals surface area contributed by atoms with Crippen molar-refractivity contribution in [3.8, 4) is 0 Å². The van der Waals surface area contributed by atoms with E-state index in [9.17, 15) is 18.0 Å². The summed E-state index contributed by atoms with van der Waals surface area (Å²) in [5.74, 6) is -0.649. The lowest BCUT2D eigenvalue weighted by Crippen LogP contribution is -2.40. The highest BCUT2D eigenvalue weighted by molar-refractivity contribution is 8.00. The maximum atomic E-state index is 12.1. The van der Waals surface area contributed by atoms with Crippen LogP contribution in [0.4, 0.5) is 0 Å². The van der Waals surface area contributed by atoms with Crippen LogP contribution in [0.15, 0.2) is 23.1 Å². The average Bonchev–Trinajstić information content (AvgIpc) is 2.91. The summed E-state index contributed by atoms with van der Waals surface area (Å²) in [4.78, 5) is 26.3. The number of aryl methyl sites for hydroxylation is 2. The fraction of sp³-hybridized carbons (Fsp3) is 0.529. The molecule has 25 heavy (non-hydrogen) atoms. The Balaban J connectivity index is 1.76. The van der Waals surface area contributed by atoms with Gasteiger partial charge < -0.3 is 9.64 Å². The van der Waals surface area contributed by atoms with Gasteiger partial charge in [0, 0.05) is 18.0 Å². The number of ether oxygens (including phenoxy) is 1. The van der Waals surface area contributed by atoms with Gasteiger partial charge in [0.2, 0.25) is 0 Å². The van der Waals surface area contributed by atoms with Crippen LogP contribution in [0.1, 0.15) is 17.5 Å². The normalized spacial score (nSPS) is 18.8. The van der Waals surface area contributed by atoms with Gasteiger partial charge in [0.25, 0.3) is 5.91 Å². The minimum Gasteiger partial charge on any atom is -0.455 e. The zero-order valence-corrected chi connectivity index (χ0v) is 16.3. The van der Waals surface area contributed by atoms with E-state index in [0.717, 1.165) is 16.0 Å². The summed E-state index contributed by atoms with van der Waals surface area (Å²) in [7, 11) is -1.51. The van der Waals surface area contributed by atoms with Gasteiger partial charge in [0.15, 0.2) is 16.4 Å². The van der Waals surface area contributed by atoms with E-state index in [4.69, 9.17) is 4.74 Å². The first-order chi connectivity index (χ1) is 11.7. The fourth-order valence-corrected chi connectivity index (χ4v) is 5.25. The highest BCUT2D eigenvalue weighted by Gasteiger charge is 2.32. The summed E-state index contributed by atoms with van der Waals surface area (Å²) in [5, 5.41) is 0. The van der Waals surface area contributed by atoms with Crippen LogP contribution in [0.3, 0.4) is 0 Å². The standard InChI is InChI=1S/C17H23NO5S2/c1-12-4-5-15(13(2)8-12)24-10-17(20)23-9-16(19)18(3)14-6-7-25(21,22)11-14/h4-5,8,14H,6-7,9-11H2,1-3H3/t14-/m0/s1. The molecule has 1 aromatic rings. The van der Waals surface area contributed by atoms with Crippen LogP contribution in [0.2, 0.25) is 0 Å². The number of benzene rings is 1. The van der Waals surface area contributed by atoms with Crippen molar-refractivity contribution in [3.63, 3.8) is 0 Å². The molecule has 1 atom stereocenters. The van der Waals surface area contributed by atoms with Gasteiger partial charge in [-0.15, -0.1) is 11.8 Å². The molecule has 2 rings (SSSR count). The molecule has 6 nitrogen and oxygen atoms in total. The van der Waals surface area contributed by atoms with Crippen molar-refractivity contribution in [1.29, 1.82) is 0 Å². The second-order valence-electron chi connectivity index (χ2n) is 6.28. The molecule has 0 aliphatic carbocycles. The van der Waals surface area contributed by atoms with Gasteiger partial charge in [-0.2, -0.15) is 0 Å². The molecule has 0 radical (unpaired) electrons. The number of thioether (sulfide) groups is 1. The Labute approximate surface area is 152 Å². The van der Waals surface area contributed by atoms with Gasteiger partial charge in [-0.1, -0.05) is 17.7 Å². The third kappa shape index (κ3) is 5.74. The summed E-state index contributed by atoms with van der Waals surface area (Å²) >= 11 is 1.37. The van der Waals surface area contributed by atoms with Crippen LogP contribution in [0.5, 0.6) is 0 Å². The van der Waals surface area contributed by atoms with Crippen molar-refractivity contribution >= 4 is 33.5 Å². The number of rotatable bonds is 6. The lowest BCUT2D eigenvalue weighted by molar-refractivity contribution is -0.150. The highest BCUT2D eigenvalue weighted by Crippen LogP contribution is 2.23. The predicted octanol–water partition coefficient (Wildman–Crippen LogP) is 1.58. The van der Waals surface area contributed by atoms with Crippen LogP contribution < -0.4 is 0 Å². The fourth-order valence-electron chi connectivity index (χ4n) is 2.67. The van der Waals surface area contributed by atoms with Gasteiger partial charge in [-0.05, 0) is 31.9 Å². The molecule has 8 heteroatoms. The second kappa shape index (κ2) is 8.23. The number of carbonyl (C=O) groups is 2. The van der Waals surface area contributed by atoms with Crippen molar-refractivity contribution in [1.82, 2.24) is 4.90 Å². The quantitative estimate of drug-likeness (QED) is 0.546. The van der Waals surface area contributed by atoms with Gasteiger partial charge in [0.1, 0.15) is 0 Å². The van der Waals surface area contributed by atoms with Crippen LogP contribution in [-0.4, -0.2) is 62.1 Å². The van der Waals surface area contributed by atoms with Crippen LogP contribution in [0, 0.1) is 13.8 Å². The summed E-state index contributed by atoms with van der Waals surface area (Å²) in [6.07, 6.45) is 0.432. The molecule has 1 fully saturated rings. The minimum atomic E-state index is -3.06. The van der Waals surface area contributed by atoms with Gasteiger partial charge in [0.05, 0.1) is 17.3 Å². The number of hydrogen-bond donors (Lipinski definition) is 0. The largest absolute Gasteiger partial charge is 0.455 e. The minimum absolute atomic E-state index is 0.0221. The molecule has 0 bridgehead atoms. The second-order valence-corrected chi connectivity index (χ2v) is 9.53. The first-order valence-corrected chi connectivity index (χ1v) is 10.8. The molecule has 138 valence electrons. The molecular weight excluding hydrogens is 362 g/mol. The predicted molar refractivity (Wildman–Crippen MR) is 97.4 cm³/mol. The first kappa shape index (κ1) is 19.8. The van der Waals surface area contributed by atoms with Crippen LogP contribution in [-0.2, 0) is 24.2 Å². The number of nitrogens with zero attached hydrogens (tertiary/aromatic N) is 1. The molecule has 0 unspecified atom stereocenters. The molecule has 1 saturated heterocycles. The summed E-state index contributed by atoms with van der Waals surface area (Å²) < 4.78 is 28.0. The first-order valence-electron chi connectivity index (χ1n) is 8.00. The van der Waals surface area contributed by atoms with Gasteiger partial charge in [-0.25, -0.2) is 8.42 Å². The van der Waals surface area contributed by atoms with Crippen molar-refractivity contribution in [3.05, 3.63) is 29.3 Å². The zero-order valence-electron chi connectivity index (χ0n) is 14.6. The summed E-state index contributed by atoms with van der Waals surface area (Å²) in [5.41, 5.74) is 2.25. The van der Waals surface area contributed by atoms with E-state index in [-0.39, 0.29) is 35.8 Å². The topological polar surface area (TPSA) is 80.8 Å². The molecular formula is C17H23NO5S2. The van der Waals surface area contributed by atoms with E-state index in [1.54, 1.807) is 7.05 Å². The number of carbonyl (C=O) groups excluding carboxylic acids is 2. The van der Waals surface area contributed by atoms with Gasteiger partial charge in [-0.3, -0.25) is 9.59 Å². The Hall–Kier alpha value is -1.54. The zero-order chi connectivity index (χ0) is 18.6. The van der Waals surface area contributed by atoms with Crippen molar-refractivity contribution in [2.45, 2.75) is 31.2 Å². The Kier molecular flexibility index (Phi) is 6.51. The lowest BCUT2D eigenvalue weighted by Gasteiger charge is -2.23. The highest BCUT2D eigenvalue weighted by atomic mass is 32.2. The van der Waals surface area contributed by atoms with Crippen molar-refractivity contribution in [2.75, 3.05) is 30.9 Å². The number of esters is 1. The van der Waals surface area contributed by atoms with E-state index < -0.39 is 15.8 Å². The number of hydrogen-bond acceptors (Lipinski definition) is 6. The molecule has 1 amide bonds. The molecule has 0 N–H and O–H groups in total. The molecule has 0 aromatic heterocycles. The van der Waals surface area contributed by atoms with Crippen molar-refractivity contribution in [2.24, 2.45) is 0 Å². The molecule has 1 aliphatic heterocycles.